The van der Waals surface area contributed by atoms with Crippen LogP contribution in [0.25, 0.3) is 10.9 Å². The minimum absolute atomic E-state index is 0.406. The van der Waals surface area contributed by atoms with E-state index in [1.54, 1.807) is 0 Å². The number of ether oxygens (including phenoxy) is 1. The molecule has 5 heteroatoms. The molecule has 0 fully saturated rings. The van der Waals surface area contributed by atoms with E-state index in [4.69, 9.17) is 21.6 Å². The molecular weight excluding hydrogens is 430 g/mol. The zero-order valence-corrected chi connectivity index (χ0v) is 19.1. The maximum Gasteiger partial charge on any atom is 0.130 e. The van der Waals surface area contributed by atoms with Crippen LogP contribution in [0.15, 0.2) is 72.8 Å². The van der Waals surface area contributed by atoms with Crippen molar-refractivity contribution in [3.63, 3.8) is 0 Å². The predicted molar refractivity (Wildman–Crippen MR) is 133 cm³/mol. The van der Waals surface area contributed by atoms with Crippen molar-refractivity contribution >= 4 is 28.2 Å². The fourth-order valence-electron chi connectivity index (χ4n) is 4.45. The zero-order chi connectivity index (χ0) is 22.6. The third-order valence-electron chi connectivity index (χ3n) is 6.07. The van der Waals surface area contributed by atoms with E-state index in [0.29, 0.717) is 18.1 Å². The second-order valence-corrected chi connectivity index (χ2v) is 8.76. The summed E-state index contributed by atoms with van der Waals surface area (Å²) < 4.78 is 5.98. The molecule has 164 valence electrons. The molecule has 0 atom stereocenters. The first-order valence-corrected chi connectivity index (χ1v) is 11.6. The van der Waals surface area contributed by atoms with Gasteiger partial charge in [0, 0.05) is 35.6 Å². The van der Waals surface area contributed by atoms with Gasteiger partial charge in [0.25, 0.3) is 0 Å². The predicted octanol–water partition coefficient (Wildman–Crippen LogP) is 6.49. The Morgan fingerprint density at radius 2 is 1.88 bits per heavy atom. The standard InChI is InChI=1S/C28H24ClN3O/c29-24-10-8-21-9-11-25(31-27(21)17-24)19-33-26-12-6-20(7-13-26)18-32-16-14-23-4-1-3-22(28(23)32)5-2-15-30/h1,3-4,6-13,17H,2,5,14,16,18-19H2. The van der Waals surface area contributed by atoms with Crippen molar-refractivity contribution in [2.45, 2.75) is 32.4 Å². The first-order valence-electron chi connectivity index (χ1n) is 11.2. The first-order chi connectivity index (χ1) is 16.2. The van der Waals surface area contributed by atoms with Gasteiger partial charge in [0.2, 0.25) is 0 Å². The van der Waals surface area contributed by atoms with E-state index in [1.807, 2.05) is 42.5 Å². The Morgan fingerprint density at radius 1 is 1.03 bits per heavy atom. The van der Waals surface area contributed by atoms with Crippen molar-refractivity contribution in [2.24, 2.45) is 0 Å². The van der Waals surface area contributed by atoms with Gasteiger partial charge in [-0.15, -0.1) is 0 Å². The molecule has 3 aromatic carbocycles. The number of hydrogen-bond donors (Lipinski definition) is 0. The van der Waals surface area contributed by atoms with Crippen molar-refractivity contribution in [3.05, 3.63) is 100 Å². The Kier molecular flexibility index (Phi) is 6.15. The summed E-state index contributed by atoms with van der Waals surface area (Å²) >= 11 is 6.09. The molecule has 1 aromatic heterocycles. The number of rotatable bonds is 7. The SMILES string of the molecule is N#CCCc1cccc2c1N(Cc1ccc(OCc3ccc4ccc(Cl)cc4n3)cc1)CC2. The van der Waals surface area contributed by atoms with Gasteiger partial charge in [0.15, 0.2) is 0 Å². The van der Waals surface area contributed by atoms with Crippen LogP contribution in [0.3, 0.4) is 0 Å². The molecule has 0 spiro atoms. The van der Waals surface area contributed by atoms with E-state index >= 15 is 0 Å². The number of nitrogens with zero attached hydrogens (tertiary/aromatic N) is 3. The molecule has 1 aliphatic heterocycles. The normalized spacial score (nSPS) is 12.5. The Labute approximate surface area is 199 Å². The minimum atomic E-state index is 0.406. The smallest absolute Gasteiger partial charge is 0.130 e. The molecule has 4 aromatic rings. The van der Waals surface area contributed by atoms with E-state index in [-0.39, 0.29) is 0 Å². The summed E-state index contributed by atoms with van der Waals surface area (Å²) in [6.45, 7) is 2.27. The second kappa shape index (κ2) is 9.52. The van der Waals surface area contributed by atoms with Crippen molar-refractivity contribution < 1.29 is 4.74 Å². The summed E-state index contributed by atoms with van der Waals surface area (Å²) in [5.74, 6) is 0.822. The van der Waals surface area contributed by atoms with Crippen LogP contribution < -0.4 is 9.64 Å². The highest BCUT2D eigenvalue weighted by Gasteiger charge is 2.22. The van der Waals surface area contributed by atoms with Gasteiger partial charge in [-0.25, -0.2) is 4.98 Å². The Balaban J connectivity index is 1.24. The Hall–Kier alpha value is -3.55. The average Bonchev–Trinajstić information content (AvgIpc) is 3.25. The van der Waals surface area contributed by atoms with E-state index in [1.165, 1.54) is 22.4 Å². The first kappa shape index (κ1) is 21.3. The summed E-state index contributed by atoms with van der Waals surface area (Å²) in [4.78, 5) is 7.08. The van der Waals surface area contributed by atoms with E-state index in [2.05, 4.69) is 46.3 Å². The molecule has 33 heavy (non-hydrogen) atoms. The zero-order valence-electron chi connectivity index (χ0n) is 18.3. The highest BCUT2D eigenvalue weighted by atomic mass is 35.5. The molecule has 0 saturated carbocycles. The molecule has 0 unspecified atom stereocenters. The highest BCUT2D eigenvalue weighted by molar-refractivity contribution is 6.31. The number of benzene rings is 3. The van der Waals surface area contributed by atoms with Crippen LogP contribution in [-0.4, -0.2) is 11.5 Å². The van der Waals surface area contributed by atoms with E-state index in [0.717, 1.165) is 48.3 Å². The summed E-state index contributed by atoms with van der Waals surface area (Å²) in [6.07, 6.45) is 2.41. The van der Waals surface area contributed by atoms with Crippen LogP contribution in [0.2, 0.25) is 5.02 Å². The van der Waals surface area contributed by atoms with Crippen LogP contribution in [0.5, 0.6) is 5.75 Å². The largest absolute Gasteiger partial charge is 0.487 e. The summed E-state index contributed by atoms with van der Waals surface area (Å²) in [5.41, 5.74) is 6.95. The number of para-hydroxylation sites is 1. The molecule has 2 heterocycles. The molecular formula is C28H24ClN3O. The van der Waals surface area contributed by atoms with Crippen molar-refractivity contribution in [1.82, 2.24) is 4.98 Å². The third kappa shape index (κ3) is 4.79. The lowest BCUT2D eigenvalue weighted by Gasteiger charge is -2.22. The monoisotopic (exact) mass is 453 g/mol. The van der Waals surface area contributed by atoms with Crippen molar-refractivity contribution in [3.8, 4) is 11.8 Å². The molecule has 5 rings (SSSR count). The van der Waals surface area contributed by atoms with Gasteiger partial charge < -0.3 is 9.64 Å². The molecule has 0 bridgehead atoms. The minimum Gasteiger partial charge on any atom is -0.487 e. The molecule has 0 aliphatic carbocycles. The lowest BCUT2D eigenvalue weighted by Crippen LogP contribution is -2.20. The maximum atomic E-state index is 8.99. The summed E-state index contributed by atoms with van der Waals surface area (Å²) in [6, 6.07) is 26.8. The second-order valence-electron chi connectivity index (χ2n) is 8.33. The lowest BCUT2D eigenvalue weighted by atomic mass is 10.0. The van der Waals surface area contributed by atoms with Gasteiger partial charge in [-0.1, -0.05) is 54.1 Å². The summed E-state index contributed by atoms with van der Waals surface area (Å²) in [7, 11) is 0. The maximum absolute atomic E-state index is 8.99. The topological polar surface area (TPSA) is 49.2 Å². The fraction of sp³-hybridized carbons (Fsp3) is 0.214. The third-order valence-corrected chi connectivity index (χ3v) is 6.31. The fourth-order valence-corrected chi connectivity index (χ4v) is 4.62. The van der Waals surface area contributed by atoms with E-state index in [9.17, 15) is 0 Å². The van der Waals surface area contributed by atoms with Crippen LogP contribution in [-0.2, 0) is 26.0 Å². The number of aromatic nitrogens is 1. The van der Waals surface area contributed by atoms with Gasteiger partial charge in [-0.05, 0) is 59.9 Å². The summed E-state index contributed by atoms with van der Waals surface area (Å²) in [5, 5.41) is 10.7. The van der Waals surface area contributed by atoms with Crippen LogP contribution >= 0.6 is 11.6 Å². The molecule has 0 amide bonds. The number of nitriles is 1. The number of pyridine rings is 1. The van der Waals surface area contributed by atoms with Gasteiger partial charge in [-0.2, -0.15) is 5.26 Å². The van der Waals surface area contributed by atoms with Gasteiger partial charge in [0.1, 0.15) is 12.4 Å². The lowest BCUT2D eigenvalue weighted by molar-refractivity contribution is 0.301. The average molecular weight is 454 g/mol. The quantitative estimate of drug-likeness (QED) is 0.321. The van der Waals surface area contributed by atoms with Gasteiger partial charge in [0.05, 0.1) is 17.3 Å². The Morgan fingerprint density at radius 3 is 2.73 bits per heavy atom. The van der Waals surface area contributed by atoms with Crippen molar-refractivity contribution in [2.75, 3.05) is 11.4 Å². The highest BCUT2D eigenvalue weighted by Crippen LogP contribution is 2.34. The molecule has 4 nitrogen and oxygen atoms in total. The number of hydrogen-bond acceptors (Lipinski definition) is 4. The molecule has 0 N–H and O–H groups in total. The Bertz CT molecular complexity index is 1330. The van der Waals surface area contributed by atoms with Crippen molar-refractivity contribution in [1.29, 1.82) is 5.26 Å². The van der Waals surface area contributed by atoms with Crippen LogP contribution in [0.1, 0.15) is 28.8 Å². The van der Waals surface area contributed by atoms with E-state index < -0.39 is 0 Å². The van der Waals surface area contributed by atoms with Gasteiger partial charge >= 0.3 is 0 Å². The molecule has 1 aliphatic rings. The molecule has 0 radical (unpaired) electrons. The van der Waals surface area contributed by atoms with Crippen LogP contribution in [0, 0.1) is 11.3 Å². The number of fused-ring (bicyclic) bond motifs is 2. The molecule has 0 saturated heterocycles. The number of anilines is 1. The van der Waals surface area contributed by atoms with Crippen LogP contribution in [0.4, 0.5) is 5.69 Å². The number of halogens is 1. The number of aryl methyl sites for hydroxylation is 1. The van der Waals surface area contributed by atoms with Gasteiger partial charge in [-0.3, -0.25) is 0 Å².